The van der Waals surface area contributed by atoms with E-state index in [9.17, 15) is 8.78 Å². The number of hydrogen-bond donors (Lipinski definition) is 1. The second-order valence-corrected chi connectivity index (χ2v) is 10.6. The first-order chi connectivity index (χ1) is 20.6. The molecule has 0 aliphatic carbocycles. The Labute approximate surface area is 246 Å². The van der Waals surface area contributed by atoms with Gasteiger partial charge in [0, 0.05) is 39.1 Å². The van der Waals surface area contributed by atoms with Gasteiger partial charge in [-0.15, -0.1) is 0 Å². The number of methoxy groups -OCH3 is 1. The lowest BCUT2D eigenvalue weighted by atomic mass is 9.87. The first kappa shape index (κ1) is 30.1. The van der Waals surface area contributed by atoms with E-state index in [1.807, 2.05) is 12.1 Å². The van der Waals surface area contributed by atoms with Crippen LogP contribution in [0.15, 0.2) is 60.7 Å². The maximum Gasteiger partial charge on any atom is 0.200 e. The lowest BCUT2D eigenvalue weighted by Crippen LogP contribution is -2.41. The van der Waals surface area contributed by atoms with Crippen molar-refractivity contribution >= 4 is 5.69 Å². The van der Waals surface area contributed by atoms with Crippen LogP contribution in [0.4, 0.5) is 14.5 Å². The summed E-state index contributed by atoms with van der Waals surface area (Å²) in [7, 11) is 1.74. The number of piperidine rings is 1. The van der Waals surface area contributed by atoms with Crippen LogP contribution in [0.1, 0.15) is 36.3 Å². The fourth-order valence-electron chi connectivity index (χ4n) is 5.47. The van der Waals surface area contributed by atoms with E-state index in [1.165, 1.54) is 17.7 Å². The van der Waals surface area contributed by atoms with Crippen LogP contribution in [0.2, 0.25) is 0 Å². The fraction of sp³-hybridized carbons (Fsp3) is 0.455. The summed E-state index contributed by atoms with van der Waals surface area (Å²) in [6.07, 6.45) is 2.56. The van der Waals surface area contributed by atoms with Crippen molar-refractivity contribution in [2.24, 2.45) is 0 Å². The van der Waals surface area contributed by atoms with Crippen molar-refractivity contribution in [3.05, 3.63) is 83.4 Å². The minimum Gasteiger partial charge on any atom is -0.493 e. The Morgan fingerprint density at radius 1 is 0.976 bits per heavy atom. The fourth-order valence-corrected chi connectivity index (χ4v) is 5.47. The van der Waals surface area contributed by atoms with E-state index < -0.39 is 11.6 Å². The molecule has 42 heavy (non-hydrogen) atoms. The van der Waals surface area contributed by atoms with Crippen LogP contribution < -0.4 is 24.4 Å². The van der Waals surface area contributed by atoms with Gasteiger partial charge in [0.1, 0.15) is 18.1 Å². The van der Waals surface area contributed by atoms with E-state index in [4.69, 9.17) is 23.7 Å². The lowest BCUT2D eigenvalue weighted by molar-refractivity contribution is 0.0106. The molecule has 2 aliphatic heterocycles. The molecule has 1 fully saturated rings. The molecular weight excluding hydrogens is 542 g/mol. The number of ether oxygens (including phenoxy) is 5. The SMILES string of the molecule is COCCCN1CCOc2ccc(CO[C@H]3CNCC[C@@H]3c3ccc(OCCCOc4cccc(F)c4F)cc3)cc21. The average Bonchev–Trinajstić information content (AvgIpc) is 3.02. The first-order valence-electron chi connectivity index (χ1n) is 14.7. The molecule has 2 heterocycles. The second-order valence-electron chi connectivity index (χ2n) is 10.6. The molecular formula is C33H40F2N2O5. The average molecular weight is 583 g/mol. The van der Waals surface area contributed by atoms with Gasteiger partial charge < -0.3 is 33.9 Å². The molecule has 0 aromatic heterocycles. The molecule has 5 rings (SSSR count). The van der Waals surface area contributed by atoms with Crippen molar-refractivity contribution in [2.45, 2.75) is 37.9 Å². The van der Waals surface area contributed by atoms with E-state index in [2.05, 4.69) is 40.5 Å². The summed E-state index contributed by atoms with van der Waals surface area (Å²) in [4.78, 5) is 2.37. The topological polar surface area (TPSA) is 61.4 Å². The van der Waals surface area contributed by atoms with Crippen molar-refractivity contribution in [3.63, 3.8) is 0 Å². The second kappa shape index (κ2) is 15.2. The van der Waals surface area contributed by atoms with E-state index in [0.29, 0.717) is 26.2 Å². The van der Waals surface area contributed by atoms with Crippen molar-refractivity contribution in [1.29, 1.82) is 0 Å². The number of benzene rings is 3. The van der Waals surface area contributed by atoms with Gasteiger partial charge in [-0.25, -0.2) is 4.39 Å². The summed E-state index contributed by atoms with van der Waals surface area (Å²) < 4.78 is 55.8. The number of rotatable bonds is 14. The summed E-state index contributed by atoms with van der Waals surface area (Å²) in [6, 6.07) is 18.4. The summed E-state index contributed by atoms with van der Waals surface area (Å²) in [5.41, 5.74) is 3.48. The first-order valence-corrected chi connectivity index (χ1v) is 14.7. The van der Waals surface area contributed by atoms with Gasteiger partial charge in [-0.3, -0.25) is 0 Å². The van der Waals surface area contributed by atoms with E-state index in [1.54, 1.807) is 7.11 Å². The zero-order valence-corrected chi connectivity index (χ0v) is 24.2. The largest absolute Gasteiger partial charge is 0.493 e. The summed E-state index contributed by atoms with van der Waals surface area (Å²) in [5.74, 6) is -0.00470. The summed E-state index contributed by atoms with van der Waals surface area (Å²) in [5, 5.41) is 3.48. The maximum atomic E-state index is 13.7. The highest BCUT2D eigenvalue weighted by Gasteiger charge is 2.27. The van der Waals surface area contributed by atoms with Crippen molar-refractivity contribution in [1.82, 2.24) is 5.32 Å². The highest BCUT2D eigenvalue weighted by Crippen LogP contribution is 2.34. The zero-order chi connectivity index (χ0) is 29.1. The van der Waals surface area contributed by atoms with Gasteiger partial charge in [0.2, 0.25) is 5.82 Å². The van der Waals surface area contributed by atoms with Crippen molar-refractivity contribution in [3.8, 4) is 17.2 Å². The predicted octanol–water partition coefficient (Wildman–Crippen LogP) is 5.71. The number of nitrogens with zero attached hydrogens (tertiary/aromatic N) is 1. The highest BCUT2D eigenvalue weighted by atomic mass is 19.2. The van der Waals surface area contributed by atoms with Crippen LogP contribution in [-0.2, 0) is 16.1 Å². The van der Waals surface area contributed by atoms with Gasteiger partial charge in [-0.1, -0.05) is 24.3 Å². The Kier molecular flexibility index (Phi) is 10.9. The Morgan fingerprint density at radius 3 is 2.69 bits per heavy atom. The third-order valence-electron chi connectivity index (χ3n) is 7.69. The molecule has 2 atom stereocenters. The molecule has 0 saturated carbocycles. The van der Waals surface area contributed by atoms with Crippen LogP contribution >= 0.6 is 0 Å². The zero-order valence-electron chi connectivity index (χ0n) is 24.2. The number of fused-ring (bicyclic) bond motifs is 1. The Morgan fingerprint density at radius 2 is 1.83 bits per heavy atom. The summed E-state index contributed by atoms with van der Waals surface area (Å²) in [6.45, 7) is 6.16. The molecule has 3 aromatic rings. The molecule has 0 bridgehead atoms. The van der Waals surface area contributed by atoms with Crippen molar-refractivity contribution in [2.75, 3.05) is 64.6 Å². The molecule has 0 spiro atoms. The van der Waals surface area contributed by atoms with Gasteiger partial charge in [0.25, 0.3) is 0 Å². The normalized spacial score (nSPS) is 18.3. The quantitative estimate of drug-likeness (QED) is 0.244. The van der Waals surface area contributed by atoms with Gasteiger partial charge in [0.05, 0.1) is 38.2 Å². The molecule has 0 radical (unpaired) electrons. The molecule has 0 unspecified atom stereocenters. The molecule has 1 saturated heterocycles. The number of anilines is 1. The molecule has 3 aromatic carbocycles. The predicted molar refractivity (Wildman–Crippen MR) is 158 cm³/mol. The molecule has 2 aliphatic rings. The Bertz CT molecular complexity index is 1280. The van der Waals surface area contributed by atoms with E-state index in [-0.39, 0.29) is 24.4 Å². The third kappa shape index (κ3) is 7.91. The van der Waals surface area contributed by atoms with Gasteiger partial charge in [-0.05, 0) is 66.9 Å². The van der Waals surface area contributed by atoms with Crippen molar-refractivity contribution < 1.29 is 32.5 Å². The molecule has 226 valence electrons. The Hall–Kier alpha value is -3.40. The molecule has 7 nitrogen and oxygen atoms in total. The number of hydrogen-bond acceptors (Lipinski definition) is 7. The molecule has 1 N–H and O–H groups in total. The van der Waals surface area contributed by atoms with Crippen LogP contribution in [0.5, 0.6) is 17.2 Å². The number of halogens is 2. The molecule has 9 heteroatoms. The van der Waals surface area contributed by atoms with Gasteiger partial charge in [0.15, 0.2) is 11.6 Å². The van der Waals surface area contributed by atoms with Crippen LogP contribution in [-0.4, -0.2) is 65.8 Å². The highest BCUT2D eigenvalue weighted by molar-refractivity contribution is 5.61. The van der Waals surface area contributed by atoms with Crippen LogP contribution in [0.3, 0.4) is 0 Å². The monoisotopic (exact) mass is 582 g/mol. The van der Waals surface area contributed by atoms with Crippen LogP contribution in [0.25, 0.3) is 0 Å². The van der Waals surface area contributed by atoms with Gasteiger partial charge >= 0.3 is 0 Å². The standard InChI is InChI=1S/C33H40F2N2O5/c1-38-17-3-15-37-16-20-41-30-12-7-24(21-29(30)37)23-42-32-22-36-14-13-27(32)25-8-10-26(11-9-25)39-18-4-19-40-31-6-2-5-28(34)33(31)35/h2,5-12,21,27,32,36H,3-4,13-20,22-23H2,1H3/t27-,32+/m1/s1. The number of nitrogens with one attached hydrogen (secondary N) is 1. The minimum atomic E-state index is -0.966. The Balaban J connectivity index is 1.11. The summed E-state index contributed by atoms with van der Waals surface area (Å²) >= 11 is 0. The van der Waals surface area contributed by atoms with Gasteiger partial charge in [-0.2, -0.15) is 4.39 Å². The maximum absolute atomic E-state index is 13.7. The smallest absolute Gasteiger partial charge is 0.200 e. The van der Waals surface area contributed by atoms with E-state index in [0.717, 1.165) is 74.4 Å². The third-order valence-corrected chi connectivity index (χ3v) is 7.69. The minimum absolute atomic E-state index is 0.0518. The van der Waals surface area contributed by atoms with Crippen LogP contribution in [0, 0.1) is 11.6 Å². The molecule has 0 amide bonds. The van der Waals surface area contributed by atoms with E-state index >= 15 is 0 Å². The lowest BCUT2D eigenvalue weighted by Gasteiger charge is -2.33.